The first-order valence-corrected chi connectivity index (χ1v) is 13.4. The molecular weight excluding hydrogens is 498 g/mol. The largest absolute Gasteiger partial charge is 0.490 e. The fourth-order valence-corrected chi connectivity index (χ4v) is 8.62. The van der Waals surface area contributed by atoms with E-state index >= 15 is 0 Å². The van der Waals surface area contributed by atoms with Crippen molar-refractivity contribution in [3.05, 3.63) is 57.0 Å². The fourth-order valence-electron chi connectivity index (χ4n) is 7.83. The third-order valence-corrected chi connectivity index (χ3v) is 8.95. The number of rotatable bonds is 8. The molecule has 4 bridgehead atoms. The van der Waals surface area contributed by atoms with Crippen LogP contribution in [0.4, 0.5) is 0 Å². The van der Waals surface area contributed by atoms with Crippen molar-refractivity contribution < 1.29 is 9.47 Å². The van der Waals surface area contributed by atoms with E-state index in [2.05, 4.69) is 47.2 Å². The van der Waals surface area contributed by atoms with Crippen molar-refractivity contribution in [2.24, 2.45) is 16.7 Å². The second-order valence-electron chi connectivity index (χ2n) is 11.5. The average Bonchev–Trinajstić information content (AvgIpc) is 2.70. The molecule has 0 aliphatic heterocycles. The quantitative estimate of drug-likeness (QED) is 0.374. The highest BCUT2D eigenvalue weighted by molar-refractivity contribution is 9.10. The lowest BCUT2D eigenvalue weighted by molar-refractivity contribution is -0.118. The first-order chi connectivity index (χ1) is 15.7. The highest BCUT2D eigenvalue weighted by Gasteiger charge is 2.59. The average molecular weight is 533 g/mol. The van der Waals surface area contributed by atoms with Gasteiger partial charge in [-0.3, -0.25) is 0 Å². The Bertz CT molecular complexity index is 1020. The van der Waals surface area contributed by atoms with Crippen LogP contribution in [-0.2, 0) is 13.2 Å². The molecule has 0 radical (unpaired) electrons. The maximum absolute atomic E-state index is 6.31. The third-order valence-electron chi connectivity index (χ3n) is 7.99. The zero-order valence-corrected chi connectivity index (χ0v) is 22.3. The number of hydrogen-bond acceptors (Lipinski definition) is 3. The molecule has 0 aromatic heterocycles. The second kappa shape index (κ2) is 8.77. The molecular formula is C28H35BrClNO2. The van der Waals surface area contributed by atoms with Crippen LogP contribution >= 0.6 is 27.5 Å². The van der Waals surface area contributed by atoms with Gasteiger partial charge in [-0.05, 0) is 102 Å². The number of benzene rings is 2. The summed E-state index contributed by atoms with van der Waals surface area (Å²) in [4.78, 5) is 0. The standard InChI is InChI=1S/C28H35BrClNO2/c1-4-32-24-10-19(9-22(29)25(24)33-15-21-7-5-6-8-23(21)30)14-31-28-13-20-11-26(2,17-28)16-27(3,12-20)18-28/h5-10,20,31H,4,11-18H2,1-3H3/t20?,26-,27+,28?. The molecule has 5 heteroatoms. The van der Waals surface area contributed by atoms with Gasteiger partial charge in [-0.2, -0.15) is 0 Å². The molecule has 33 heavy (non-hydrogen) atoms. The minimum atomic E-state index is 0.278. The Labute approximate surface area is 211 Å². The van der Waals surface area contributed by atoms with Gasteiger partial charge in [-0.1, -0.05) is 43.6 Å². The fraction of sp³-hybridized carbons (Fsp3) is 0.571. The van der Waals surface area contributed by atoms with Crippen molar-refractivity contribution >= 4 is 27.5 Å². The van der Waals surface area contributed by atoms with E-state index in [9.17, 15) is 0 Å². The molecule has 3 nitrogen and oxygen atoms in total. The van der Waals surface area contributed by atoms with Gasteiger partial charge in [0.05, 0.1) is 11.1 Å². The van der Waals surface area contributed by atoms with Crippen molar-refractivity contribution in [1.29, 1.82) is 0 Å². The molecule has 4 fully saturated rings. The van der Waals surface area contributed by atoms with Crippen molar-refractivity contribution in [1.82, 2.24) is 5.32 Å². The van der Waals surface area contributed by atoms with Gasteiger partial charge in [0.2, 0.25) is 0 Å². The first kappa shape index (κ1) is 23.5. The molecule has 4 saturated carbocycles. The van der Waals surface area contributed by atoms with E-state index in [0.717, 1.165) is 34.0 Å². The van der Waals surface area contributed by atoms with E-state index in [1.54, 1.807) is 0 Å². The van der Waals surface area contributed by atoms with Gasteiger partial charge in [0.25, 0.3) is 0 Å². The van der Waals surface area contributed by atoms with Crippen LogP contribution in [0.2, 0.25) is 5.02 Å². The normalized spacial score (nSPS) is 32.2. The minimum absolute atomic E-state index is 0.278. The van der Waals surface area contributed by atoms with Gasteiger partial charge in [0.1, 0.15) is 6.61 Å². The second-order valence-corrected chi connectivity index (χ2v) is 12.7. The summed E-state index contributed by atoms with van der Waals surface area (Å²) in [6.45, 7) is 8.91. The van der Waals surface area contributed by atoms with Crippen LogP contribution < -0.4 is 14.8 Å². The zero-order valence-electron chi connectivity index (χ0n) is 20.0. The summed E-state index contributed by atoms with van der Waals surface area (Å²) >= 11 is 10.1. The molecule has 0 spiro atoms. The van der Waals surface area contributed by atoms with Gasteiger partial charge < -0.3 is 14.8 Å². The highest BCUT2D eigenvalue weighted by Crippen LogP contribution is 2.66. The summed E-state index contributed by atoms with van der Waals surface area (Å²) in [5.74, 6) is 2.39. The Kier molecular flexibility index (Phi) is 6.25. The molecule has 6 rings (SSSR count). The SMILES string of the molecule is CCOc1cc(CNC23CC4C[C@@](C)(C2)C[C@](C)(C4)C3)cc(Br)c1OCc1ccccc1Cl. The lowest BCUT2D eigenvalue weighted by Crippen LogP contribution is -2.63. The molecule has 0 saturated heterocycles. The maximum Gasteiger partial charge on any atom is 0.175 e. The molecule has 0 heterocycles. The molecule has 0 amide bonds. The highest BCUT2D eigenvalue weighted by atomic mass is 79.9. The van der Waals surface area contributed by atoms with Gasteiger partial charge in [0.15, 0.2) is 11.5 Å². The van der Waals surface area contributed by atoms with Crippen LogP contribution in [0.5, 0.6) is 11.5 Å². The number of ether oxygens (including phenoxy) is 2. The van der Waals surface area contributed by atoms with Crippen molar-refractivity contribution in [2.75, 3.05) is 6.61 Å². The van der Waals surface area contributed by atoms with Crippen LogP contribution in [0.1, 0.15) is 70.4 Å². The molecule has 2 aromatic rings. The van der Waals surface area contributed by atoms with Crippen molar-refractivity contribution in [2.45, 2.75) is 78.0 Å². The Balaban J connectivity index is 1.33. The van der Waals surface area contributed by atoms with E-state index in [-0.39, 0.29) is 5.54 Å². The predicted octanol–water partition coefficient (Wildman–Crippen LogP) is 7.92. The molecule has 4 aliphatic carbocycles. The van der Waals surface area contributed by atoms with Gasteiger partial charge >= 0.3 is 0 Å². The zero-order chi connectivity index (χ0) is 23.3. The maximum atomic E-state index is 6.31. The van der Waals surface area contributed by atoms with E-state index in [0.29, 0.717) is 29.1 Å². The van der Waals surface area contributed by atoms with E-state index in [1.165, 1.54) is 44.1 Å². The number of hydrogen-bond donors (Lipinski definition) is 1. The van der Waals surface area contributed by atoms with Crippen LogP contribution in [0, 0.1) is 16.7 Å². The summed E-state index contributed by atoms with van der Waals surface area (Å²) in [6, 6.07) is 12.1. The van der Waals surface area contributed by atoms with Crippen LogP contribution in [-0.4, -0.2) is 12.1 Å². The van der Waals surface area contributed by atoms with Gasteiger partial charge in [-0.15, -0.1) is 0 Å². The molecule has 178 valence electrons. The molecule has 4 aliphatic rings. The monoisotopic (exact) mass is 531 g/mol. The third kappa shape index (κ3) is 4.81. The molecule has 4 atom stereocenters. The van der Waals surface area contributed by atoms with E-state index in [1.807, 2.05) is 31.2 Å². The molecule has 2 unspecified atom stereocenters. The van der Waals surface area contributed by atoms with Crippen LogP contribution in [0.25, 0.3) is 0 Å². The Morgan fingerprint density at radius 1 is 1.03 bits per heavy atom. The van der Waals surface area contributed by atoms with Gasteiger partial charge in [0, 0.05) is 22.7 Å². The van der Waals surface area contributed by atoms with Crippen molar-refractivity contribution in [3.8, 4) is 11.5 Å². The minimum Gasteiger partial charge on any atom is -0.490 e. The van der Waals surface area contributed by atoms with Gasteiger partial charge in [-0.25, -0.2) is 0 Å². The Morgan fingerprint density at radius 3 is 2.42 bits per heavy atom. The molecule has 1 N–H and O–H groups in total. The summed E-state index contributed by atoms with van der Waals surface area (Å²) in [5.41, 5.74) is 3.48. The summed E-state index contributed by atoms with van der Waals surface area (Å²) < 4.78 is 13.1. The lowest BCUT2D eigenvalue weighted by atomic mass is 9.43. The Morgan fingerprint density at radius 2 is 1.76 bits per heavy atom. The number of halogens is 2. The lowest BCUT2D eigenvalue weighted by Gasteiger charge is -2.65. The summed E-state index contributed by atoms with van der Waals surface area (Å²) in [7, 11) is 0. The van der Waals surface area contributed by atoms with Crippen LogP contribution in [0.3, 0.4) is 0 Å². The van der Waals surface area contributed by atoms with Crippen molar-refractivity contribution in [3.63, 3.8) is 0 Å². The summed E-state index contributed by atoms with van der Waals surface area (Å²) in [6.07, 6.45) is 8.19. The Hall–Kier alpha value is -1.23. The number of nitrogens with one attached hydrogen (secondary N) is 1. The summed E-state index contributed by atoms with van der Waals surface area (Å²) in [5, 5.41) is 4.75. The van der Waals surface area contributed by atoms with Crippen LogP contribution in [0.15, 0.2) is 40.9 Å². The first-order valence-electron chi connectivity index (χ1n) is 12.3. The smallest absolute Gasteiger partial charge is 0.175 e. The topological polar surface area (TPSA) is 30.5 Å². The molecule has 2 aromatic carbocycles. The van der Waals surface area contributed by atoms with E-state index in [4.69, 9.17) is 21.1 Å². The van der Waals surface area contributed by atoms with E-state index < -0.39 is 0 Å². The predicted molar refractivity (Wildman–Crippen MR) is 138 cm³/mol.